The smallest absolute Gasteiger partial charge is 0.339 e. The van der Waals surface area contributed by atoms with Crippen molar-refractivity contribution in [3.8, 4) is 11.4 Å². The number of fused-ring (bicyclic) bond motifs is 1. The molecule has 1 aromatic heterocycles. The van der Waals surface area contributed by atoms with Crippen molar-refractivity contribution in [1.82, 2.24) is 19.9 Å². The highest BCUT2D eigenvalue weighted by molar-refractivity contribution is 6.21. The molecular weight excluding hydrogens is 465 g/mol. The standard InChI is InChI=1S/C23H19F3N6O3/c24-23(25,26)13-18-28-19(30-35-18)14-5-7-15(8-6-14)21(34)31-9-11-32(12-10-31)22-27-17-4-2-1-3-16(17)20(33)29-22/h1-8,16H,9-13H2. The molecule has 2 aliphatic heterocycles. The number of carbonyl (C=O) groups is 2. The molecule has 1 saturated heterocycles. The summed E-state index contributed by atoms with van der Waals surface area (Å²) in [5.41, 5.74) is 1.52. The third-order valence-corrected chi connectivity index (χ3v) is 5.77. The van der Waals surface area contributed by atoms with E-state index in [4.69, 9.17) is 0 Å². The highest BCUT2D eigenvalue weighted by atomic mass is 19.4. The predicted molar refractivity (Wildman–Crippen MR) is 119 cm³/mol. The molecule has 3 aliphatic rings. The molecule has 12 heteroatoms. The Balaban J connectivity index is 1.20. The molecule has 0 saturated carbocycles. The van der Waals surface area contributed by atoms with Crippen molar-refractivity contribution in [1.29, 1.82) is 0 Å². The van der Waals surface area contributed by atoms with E-state index in [1.165, 1.54) is 0 Å². The number of piperazine rings is 1. The van der Waals surface area contributed by atoms with Crippen LogP contribution in [0.3, 0.4) is 0 Å². The van der Waals surface area contributed by atoms with Gasteiger partial charge in [0.25, 0.3) is 11.8 Å². The Labute approximate surface area is 197 Å². The Kier molecular flexibility index (Phi) is 5.79. The summed E-state index contributed by atoms with van der Waals surface area (Å²) >= 11 is 0. The van der Waals surface area contributed by atoms with Crippen molar-refractivity contribution in [2.24, 2.45) is 15.9 Å². The van der Waals surface area contributed by atoms with Crippen molar-refractivity contribution in [3.63, 3.8) is 0 Å². The van der Waals surface area contributed by atoms with Crippen LogP contribution in [0.1, 0.15) is 16.2 Å². The molecule has 1 aromatic carbocycles. The van der Waals surface area contributed by atoms with Gasteiger partial charge in [0.05, 0.1) is 5.71 Å². The molecule has 0 radical (unpaired) electrons. The molecule has 2 aromatic rings. The summed E-state index contributed by atoms with van der Waals surface area (Å²) in [6, 6.07) is 6.27. The summed E-state index contributed by atoms with van der Waals surface area (Å²) < 4.78 is 42.1. The van der Waals surface area contributed by atoms with Crippen molar-refractivity contribution < 1.29 is 27.3 Å². The molecule has 1 atom stereocenters. The molecular formula is C23H19F3N6O3. The molecule has 0 bridgehead atoms. The number of aromatic nitrogens is 2. The number of nitrogens with zero attached hydrogens (tertiary/aromatic N) is 6. The Morgan fingerprint density at radius 2 is 1.80 bits per heavy atom. The summed E-state index contributed by atoms with van der Waals surface area (Å²) in [5, 5.41) is 3.58. The number of amides is 2. The molecule has 1 fully saturated rings. The van der Waals surface area contributed by atoms with Crippen molar-refractivity contribution >= 4 is 23.5 Å². The van der Waals surface area contributed by atoms with E-state index in [0.29, 0.717) is 49.0 Å². The van der Waals surface area contributed by atoms with E-state index >= 15 is 0 Å². The van der Waals surface area contributed by atoms with Crippen molar-refractivity contribution in [3.05, 3.63) is 60.0 Å². The van der Waals surface area contributed by atoms with Crippen LogP contribution in [0.25, 0.3) is 11.4 Å². The zero-order chi connectivity index (χ0) is 24.6. The topological polar surface area (TPSA) is 104 Å². The van der Waals surface area contributed by atoms with Crippen LogP contribution in [0.4, 0.5) is 13.2 Å². The Morgan fingerprint density at radius 1 is 1.06 bits per heavy atom. The van der Waals surface area contributed by atoms with E-state index in [-0.39, 0.29) is 17.6 Å². The third kappa shape index (κ3) is 4.91. The molecule has 35 heavy (non-hydrogen) atoms. The van der Waals surface area contributed by atoms with Gasteiger partial charge in [0.15, 0.2) is 0 Å². The van der Waals surface area contributed by atoms with Gasteiger partial charge in [-0.2, -0.15) is 23.1 Å². The molecule has 9 nitrogen and oxygen atoms in total. The molecule has 5 rings (SSSR count). The lowest BCUT2D eigenvalue weighted by Gasteiger charge is -2.36. The lowest BCUT2D eigenvalue weighted by Crippen LogP contribution is -2.51. The van der Waals surface area contributed by atoms with Gasteiger partial charge in [0.1, 0.15) is 12.3 Å². The molecule has 1 aliphatic carbocycles. The van der Waals surface area contributed by atoms with Crippen LogP contribution in [0.5, 0.6) is 0 Å². The Bertz CT molecular complexity index is 1270. The van der Waals surface area contributed by atoms with Crippen LogP contribution >= 0.6 is 0 Å². The number of rotatable bonds is 3. The average Bonchev–Trinajstić information content (AvgIpc) is 3.30. The van der Waals surface area contributed by atoms with E-state index in [9.17, 15) is 22.8 Å². The number of carbonyl (C=O) groups excluding carboxylic acids is 2. The van der Waals surface area contributed by atoms with Crippen LogP contribution < -0.4 is 0 Å². The number of alkyl halides is 3. The number of hydrogen-bond acceptors (Lipinski definition) is 7. The summed E-state index contributed by atoms with van der Waals surface area (Å²) in [4.78, 5) is 41.2. The lowest BCUT2D eigenvalue weighted by atomic mass is 9.97. The summed E-state index contributed by atoms with van der Waals surface area (Å²) in [5.74, 6) is -1.01. The van der Waals surface area contributed by atoms with Crippen LogP contribution in [0, 0.1) is 5.92 Å². The van der Waals surface area contributed by atoms with Gasteiger partial charge in [-0.25, -0.2) is 4.99 Å². The first-order chi connectivity index (χ1) is 16.8. The van der Waals surface area contributed by atoms with Gasteiger partial charge in [0.2, 0.25) is 17.7 Å². The molecule has 2 amide bonds. The molecule has 0 spiro atoms. The number of hydrogen-bond donors (Lipinski definition) is 0. The fourth-order valence-electron chi connectivity index (χ4n) is 3.97. The summed E-state index contributed by atoms with van der Waals surface area (Å²) in [6.07, 6.45) is 1.45. The molecule has 0 N–H and O–H groups in total. The normalized spacial score (nSPS) is 20.0. The minimum Gasteiger partial charge on any atom is -0.339 e. The Morgan fingerprint density at radius 3 is 2.51 bits per heavy atom. The summed E-state index contributed by atoms with van der Waals surface area (Å²) in [6.45, 7) is 1.79. The number of halogens is 3. The fraction of sp³-hybridized carbons (Fsp3) is 0.304. The fourth-order valence-corrected chi connectivity index (χ4v) is 3.97. The van der Waals surface area contributed by atoms with Crippen LogP contribution in [-0.2, 0) is 11.2 Å². The largest absolute Gasteiger partial charge is 0.397 e. The maximum absolute atomic E-state index is 12.9. The SMILES string of the molecule is O=C1N=C(N2CCN(C(=O)c3ccc(-c4noc(CC(F)(F)F)n4)cc3)CC2)N=C2C=CC=CC12. The first-order valence-corrected chi connectivity index (χ1v) is 10.9. The second-order valence-electron chi connectivity index (χ2n) is 8.17. The first-order valence-electron chi connectivity index (χ1n) is 10.9. The maximum atomic E-state index is 12.9. The monoisotopic (exact) mass is 484 g/mol. The van der Waals surface area contributed by atoms with Gasteiger partial charge >= 0.3 is 6.18 Å². The molecule has 3 heterocycles. The highest BCUT2D eigenvalue weighted by Gasteiger charge is 2.32. The van der Waals surface area contributed by atoms with Gasteiger partial charge in [-0.15, -0.1) is 0 Å². The second-order valence-corrected chi connectivity index (χ2v) is 8.17. The average molecular weight is 484 g/mol. The van der Waals surface area contributed by atoms with Crippen LogP contribution in [0.15, 0.2) is 63.1 Å². The zero-order valence-corrected chi connectivity index (χ0v) is 18.3. The maximum Gasteiger partial charge on any atom is 0.397 e. The van der Waals surface area contributed by atoms with Crippen molar-refractivity contribution in [2.75, 3.05) is 26.2 Å². The van der Waals surface area contributed by atoms with Gasteiger partial charge < -0.3 is 14.3 Å². The Hall–Kier alpha value is -4.09. The van der Waals surface area contributed by atoms with E-state index in [0.717, 1.165) is 0 Å². The minimum absolute atomic E-state index is 0.0202. The van der Waals surface area contributed by atoms with Gasteiger partial charge in [0, 0.05) is 37.3 Å². The summed E-state index contributed by atoms with van der Waals surface area (Å²) in [7, 11) is 0. The number of benzene rings is 1. The first kappa shape index (κ1) is 22.7. The van der Waals surface area contributed by atoms with E-state index in [1.807, 2.05) is 11.0 Å². The van der Waals surface area contributed by atoms with Gasteiger partial charge in [-0.1, -0.05) is 35.5 Å². The number of allylic oxidation sites excluding steroid dienone is 3. The number of aliphatic imine (C=N–C) groups is 2. The van der Waals surface area contributed by atoms with Crippen molar-refractivity contribution in [2.45, 2.75) is 12.6 Å². The van der Waals surface area contributed by atoms with Crippen LogP contribution in [-0.4, -0.2) is 75.8 Å². The number of guanidine groups is 1. The quantitative estimate of drug-likeness (QED) is 0.664. The molecule has 180 valence electrons. The van der Waals surface area contributed by atoms with E-state index < -0.39 is 24.4 Å². The minimum atomic E-state index is -4.44. The molecule has 1 unspecified atom stereocenters. The lowest BCUT2D eigenvalue weighted by molar-refractivity contribution is -0.131. The van der Waals surface area contributed by atoms with Crippen LogP contribution in [0.2, 0.25) is 0 Å². The van der Waals surface area contributed by atoms with Gasteiger partial charge in [-0.3, -0.25) is 9.59 Å². The zero-order valence-electron chi connectivity index (χ0n) is 18.3. The highest BCUT2D eigenvalue weighted by Crippen LogP contribution is 2.23. The van der Waals surface area contributed by atoms with Gasteiger partial charge in [-0.05, 0) is 18.2 Å². The van der Waals surface area contributed by atoms with E-state index in [2.05, 4.69) is 24.6 Å². The van der Waals surface area contributed by atoms with E-state index in [1.54, 1.807) is 47.4 Å². The second kappa shape index (κ2) is 8.93. The third-order valence-electron chi connectivity index (χ3n) is 5.77. The predicted octanol–water partition coefficient (Wildman–Crippen LogP) is 2.68.